The quantitative estimate of drug-likeness (QED) is 0.350. The van der Waals surface area contributed by atoms with Crippen LogP contribution in [-0.4, -0.2) is 25.8 Å². The minimum absolute atomic E-state index is 0.155. The van der Waals surface area contributed by atoms with Gasteiger partial charge in [-0.25, -0.2) is 5.43 Å². The summed E-state index contributed by atoms with van der Waals surface area (Å²) >= 11 is 11.3. The van der Waals surface area contributed by atoms with Crippen LogP contribution in [0.5, 0.6) is 11.5 Å². The molecule has 24 heavy (non-hydrogen) atoms. The van der Waals surface area contributed by atoms with Gasteiger partial charge in [-0.3, -0.25) is 4.79 Å². The maximum Gasteiger partial charge on any atom is 0.277 e. The Kier molecular flexibility index (Phi) is 7.32. The predicted octanol–water partition coefficient (Wildman–Crippen LogP) is 4.24. The van der Waals surface area contributed by atoms with Gasteiger partial charge in [-0.15, -0.1) is 0 Å². The molecule has 0 saturated carbocycles. The molecule has 0 radical (unpaired) electrons. The summed E-state index contributed by atoms with van der Waals surface area (Å²) in [7, 11) is 1.62. The molecule has 0 unspecified atom stereocenters. The van der Waals surface area contributed by atoms with E-state index in [0.717, 1.165) is 14.9 Å². The van der Waals surface area contributed by atoms with Gasteiger partial charge in [-0.05, 0) is 80.5 Å². The van der Waals surface area contributed by atoms with Crippen molar-refractivity contribution in [3.8, 4) is 11.5 Å². The van der Waals surface area contributed by atoms with Crippen LogP contribution in [-0.2, 0) is 4.79 Å². The molecule has 2 aromatic carbocycles. The molecule has 2 rings (SSSR count). The number of carbonyl (C=O) groups excluding carboxylic acids is 1. The van der Waals surface area contributed by atoms with E-state index >= 15 is 0 Å². The first-order valence-electron chi connectivity index (χ1n) is 6.73. The molecule has 0 aliphatic carbocycles. The zero-order valence-corrected chi connectivity index (χ0v) is 17.1. The molecule has 1 N–H and O–H groups in total. The van der Waals surface area contributed by atoms with Crippen LogP contribution in [0.4, 0.5) is 0 Å². The molecule has 0 heterocycles. The van der Waals surface area contributed by atoms with Crippen LogP contribution >= 0.6 is 50.1 Å². The first kappa shape index (κ1) is 19.0. The van der Waals surface area contributed by atoms with Crippen LogP contribution < -0.4 is 14.9 Å². The maximum absolute atomic E-state index is 11.7. The number of carbonyl (C=O) groups is 1. The number of amides is 1. The summed E-state index contributed by atoms with van der Waals surface area (Å²) in [4.78, 5) is 11.7. The Bertz CT molecular complexity index is 771. The largest absolute Gasteiger partial charge is 0.496 e. The van der Waals surface area contributed by atoms with Crippen molar-refractivity contribution in [3.05, 3.63) is 55.0 Å². The zero-order valence-electron chi connectivity index (χ0n) is 12.6. The lowest BCUT2D eigenvalue weighted by molar-refractivity contribution is -0.123. The lowest BCUT2D eigenvalue weighted by Crippen LogP contribution is -2.24. The SMILES string of the molecule is COc1ccc(C=NNC(=O)COc2ccc(Cl)cc2Br)cc1I. The third-order valence-electron chi connectivity index (χ3n) is 2.83. The highest BCUT2D eigenvalue weighted by atomic mass is 127. The van der Waals surface area contributed by atoms with Gasteiger partial charge in [0.2, 0.25) is 0 Å². The fourth-order valence-corrected chi connectivity index (χ4v) is 3.27. The summed E-state index contributed by atoms with van der Waals surface area (Å²) in [5.41, 5.74) is 3.26. The molecule has 126 valence electrons. The molecular formula is C16H13BrClIN2O3. The second kappa shape index (κ2) is 9.24. The second-order valence-corrected chi connectivity index (χ2v) is 7.00. The molecule has 0 spiro atoms. The van der Waals surface area contributed by atoms with Crippen molar-refractivity contribution in [2.45, 2.75) is 0 Å². The molecule has 8 heteroatoms. The highest BCUT2D eigenvalue weighted by Crippen LogP contribution is 2.27. The topological polar surface area (TPSA) is 59.9 Å². The number of benzene rings is 2. The van der Waals surface area contributed by atoms with Crippen LogP contribution in [0, 0.1) is 3.57 Å². The number of halogens is 3. The van der Waals surface area contributed by atoms with Gasteiger partial charge in [-0.1, -0.05) is 11.6 Å². The van der Waals surface area contributed by atoms with Gasteiger partial charge in [0, 0.05) is 5.02 Å². The number of ether oxygens (including phenoxy) is 2. The van der Waals surface area contributed by atoms with Gasteiger partial charge in [0.05, 0.1) is 21.4 Å². The van der Waals surface area contributed by atoms with E-state index in [4.69, 9.17) is 21.1 Å². The van der Waals surface area contributed by atoms with Gasteiger partial charge in [0.15, 0.2) is 6.61 Å². The summed E-state index contributed by atoms with van der Waals surface area (Å²) < 4.78 is 12.2. The van der Waals surface area contributed by atoms with Crippen molar-refractivity contribution in [2.24, 2.45) is 5.10 Å². The average molecular weight is 524 g/mol. The van der Waals surface area contributed by atoms with Crippen molar-refractivity contribution >= 4 is 62.2 Å². The lowest BCUT2D eigenvalue weighted by Gasteiger charge is -2.07. The summed E-state index contributed by atoms with van der Waals surface area (Å²) in [5, 5.41) is 4.49. The molecule has 0 saturated heterocycles. The lowest BCUT2D eigenvalue weighted by atomic mass is 10.2. The van der Waals surface area contributed by atoms with Crippen molar-refractivity contribution in [1.29, 1.82) is 0 Å². The molecule has 0 fully saturated rings. The first-order valence-corrected chi connectivity index (χ1v) is 8.98. The summed E-state index contributed by atoms with van der Waals surface area (Å²) in [6.45, 7) is -0.155. The number of rotatable bonds is 6. The van der Waals surface area contributed by atoms with Gasteiger partial charge in [-0.2, -0.15) is 5.10 Å². The molecule has 0 aliphatic heterocycles. The monoisotopic (exact) mass is 522 g/mol. The van der Waals surface area contributed by atoms with Crippen LogP contribution in [0.2, 0.25) is 5.02 Å². The van der Waals surface area contributed by atoms with E-state index in [1.807, 2.05) is 18.2 Å². The third kappa shape index (κ3) is 5.64. The smallest absolute Gasteiger partial charge is 0.277 e. The molecule has 5 nitrogen and oxygen atoms in total. The second-order valence-electron chi connectivity index (χ2n) is 4.55. The highest BCUT2D eigenvalue weighted by molar-refractivity contribution is 14.1. The van der Waals surface area contributed by atoms with E-state index < -0.39 is 0 Å². The normalized spacial score (nSPS) is 10.7. The van der Waals surface area contributed by atoms with E-state index in [0.29, 0.717) is 15.2 Å². The van der Waals surface area contributed by atoms with E-state index in [-0.39, 0.29) is 12.5 Å². The van der Waals surface area contributed by atoms with E-state index in [9.17, 15) is 4.79 Å². The summed E-state index contributed by atoms with van der Waals surface area (Å²) in [6.07, 6.45) is 1.55. The minimum Gasteiger partial charge on any atom is -0.496 e. The molecule has 0 aliphatic rings. The third-order valence-corrected chi connectivity index (χ3v) is 4.53. The minimum atomic E-state index is -0.365. The molecule has 0 bridgehead atoms. The van der Waals surface area contributed by atoms with E-state index in [2.05, 4.69) is 49.0 Å². The number of hydrogen-bond acceptors (Lipinski definition) is 4. The Morgan fingerprint density at radius 3 is 2.75 bits per heavy atom. The zero-order chi connectivity index (χ0) is 17.5. The molecule has 2 aromatic rings. The first-order chi connectivity index (χ1) is 11.5. The van der Waals surface area contributed by atoms with Crippen molar-refractivity contribution < 1.29 is 14.3 Å². The van der Waals surface area contributed by atoms with Crippen molar-refractivity contribution in [1.82, 2.24) is 5.43 Å². The van der Waals surface area contributed by atoms with Crippen LogP contribution in [0.1, 0.15) is 5.56 Å². The Balaban J connectivity index is 1.85. The number of hydrogen-bond donors (Lipinski definition) is 1. The van der Waals surface area contributed by atoms with E-state index in [1.165, 1.54) is 0 Å². The van der Waals surface area contributed by atoms with Gasteiger partial charge in [0.1, 0.15) is 11.5 Å². The highest BCUT2D eigenvalue weighted by Gasteiger charge is 2.05. The van der Waals surface area contributed by atoms with Crippen LogP contribution in [0.3, 0.4) is 0 Å². The van der Waals surface area contributed by atoms with E-state index in [1.54, 1.807) is 31.5 Å². The fourth-order valence-electron chi connectivity index (χ4n) is 1.71. The summed E-state index contributed by atoms with van der Waals surface area (Å²) in [5.74, 6) is 0.957. The van der Waals surface area contributed by atoms with Gasteiger partial charge in [0.25, 0.3) is 5.91 Å². The maximum atomic E-state index is 11.7. The fraction of sp³-hybridized carbons (Fsp3) is 0.125. The average Bonchev–Trinajstić information content (AvgIpc) is 2.54. The number of nitrogens with zero attached hydrogens (tertiary/aromatic N) is 1. The standard InChI is InChI=1S/C16H13BrClIN2O3/c1-23-15-4-2-10(6-13(15)19)8-20-21-16(22)9-24-14-5-3-11(18)7-12(14)17/h2-8H,9H2,1H3,(H,21,22). The van der Waals surface area contributed by atoms with Crippen molar-refractivity contribution in [2.75, 3.05) is 13.7 Å². The number of hydrazone groups is 1. The number of methoxy groups -OCH3 is 1. The van der Waals surface area contributed by atoms with Crippen LogP contribution in [0.25, 0.3) is 0 Å². The van der Waals surface area contributed by atoms with Gasteiger partial charge < -0.3 is 9.47 Å². The molecule has 0 aromatic heterocycles. The Morgan fingerprint density at radius 2 is 2.08 bits per heavy atom. The molecule has 0 atom stereocenters. The number of nitrogens with one attached hydrogen (secondary N) is 1. The van der Waals surface area contributed by atoms with Gasteiger partial charge >= 0.3 is 0 Å². The summed E-state index contributed by atoms with van der Waals surface area (Å²) in [6, 6.07) is 10.6. The van der Waals surface area contributed by atoms with Crippen LogP contribution in [0.15, 0.2) is 46.0 Å². The Hall–Kier alpha value is -1.32. The predicted molar refractivity (Wildman–Crippen MR) is 106 cm³/mol. The molecular weight excluding hydrogens is 510 g/mol. The Morgan fingerprint density at radius 1 is 1.33 bits per heavy atom. The Labute approximate surface area is 166 Å². The molecule has 1 amide bonds. The van der Waals surface area contributed by atoms with Crippen molar-refractivity contribution in [3.63, 3.8) is 0 Å².